The van der Waals surface area contributed by atoms with Gasteiger partial charge in [0.25, 0.3) is 5.91 Å². The third-order valence-corrected chi connectivity index (χ3v) is 4.21. The van der Waals surface area contributed by atoms with Crippen LogP contribution in [0.1, 0.15) is 29.3 Å². The zero-order chi connectivity index (χ0) is 23.2. The third-order valence-electron chi connectivity index (χ3n) is 3.97. The Balaban J connectivity index is 2.03. The van der Waals surface area contributed by atoms with Gasteiger partial charge in [-0.3, -0.25) is 9.59 Å². The monoisotopic (exact) mass is 457 g/mol. The third kappa shape index (κ3) is 6.61. The Bertz CT molecular complexity index is 1010. The van der Waals surface area contributed by atoms with Gasteiger partial charge in [0.2, 0.25) is 5.91 Å². The van der Waals surface area contributed by atoms with Crippen LogP contribution in [-0.2, 0) is 11.0 Å². The lowest BCUT2D eigenvalue weighted by atomic mass is 10.1. The molecule has 0 radical (unpaired) electrons. The van der Waals surface area contributed by atoms with Crippen molar-refractivity contribution in [2.45, 2.75) is 19.5 Å². The molecule has 0 aromatic heterocycles. The van der Waals surface area contributed by atoms with Gasteiger partial charge in [0, 0.05) is 16.3 Å². The second-order valence-electron chi connectivity index (χ2n) is 6.27. The Kier molecular flexibility index (Phi) is 7.87. The van der Waals surface area contributed by atoms with Crippen molar-refractivity contribution >= 4 is 34.8 Å². The maximum Gasteiger partial charge on any atom is 0.418 e. The number of carbonyl (C=O) groups excluding carboxylic acids is 2. The number of ether oxygens (including phenoxy) is 2. The van der Waals surface area contributed by atoms with Crippen LogP contribution in [0.4, 0.5) is 18.9 Å². The Morgan fingerprint density at radius 1 is 1.06 bits per heavy atom. The first-order valence-corrected chi connectivity index (χ1v) is 9.15. The predicted octanol–water partition coefficient (Wildman–Crippen LogP) is 4.51. The van der Waals surface area contributed by atoms with E-state index in [1.165, 1.54) is 39.3 Å². The number of halogens is 4. The topological polar surface area (TPSA) is 89.0 Å². The van der Waals surface area contributed by atoms with Gasteiger partial charge in [0.05, 0.1) is 31.9 Å². The van der Waals surface area contributed by atoms with E-state index in [1.54, 1.807) is 6.07 Å². The number of hydrazone groups is 1. The molecule has 2 aromatic carbocycles. The maximum absolute atomic E-state index is 13.1. The molecule has 0 spiro atoms. The molecule has 0 bridgehead atoms. The lowest BCUT2D eigenvalue weighted by Gasteiger charge is -2.14. The highest BCUT2D eigenvalue weighted by Crippen LogP contribution is 2.36. The van der Waals surface area contributed by atoms with Crippen LogP contribution >= 0.6 is 11.6 Å². The van der Waals surface area contributed by atoms with E-state index in [4.69, 9.17) is 21.1 Å². The normalized spacial score (nSPS) is 11.6. The van der Waals surface area contributed by atoms with Gasteiger partial charge in [-0.15, -0.1) is 0 Å². The molecule has 0 aliphatic rings. The van der Waals surface area contributed by atoms with Gasteiger partial charge >= 0.3 is 6.18 Å². The van der Waals surface area contributed by atoms with Crippen molar-refractivity contribution in [2.75, 3.05) is 19.5 Å². The van der Waals surface area contributed by atoms with Crippen LogP contribution in [0.2, 0.25) is 5.02 Å². The van der Waals surface area contributed by atoms with Crippen LogP contribution in [0, 0.1) is 0 Å². The minimum Gasteiger partial charge on any atom is -0.493 e. The maximum atomic E-state index is 13.1. The predicted molar refractivity (Wildman–Crippen MR) is 110 cm³/mol. The fourth-order valence-corrected chi connectivity index (χ4v) is 2.69. The number of rotatable bonds is 7. The first kappa shape index (κ1) is 24.0. The Hall–Kier alpha value is -3.27. The summed E-state index contributed by atoms with van der Waals surface area (Å²) in [5.41, 5.74) is 1.19. The fraction of sp³-hybridized carbons (Fsp3) is 0.250. The van der Waals surface area contributed by atoms with Crippen LogP contribution in [0.3, 0.4) is 0 Å². The second kappa shape index (κ2) is 10.2. The average Bonchev–Trinajstić information content (AvgIpc) is 2.71. The number of hydrogen-bond acceptors (Lipinski definition) is 5. The van der Waals surface area contributed by atoms with Gasteiger partial charge in [-0.25, -0.2) is 5.43 Å². The molecular weight excluding hydrogens is 439 g/mol. The lowest BCUT2D eigenvalue weighted by Crippen LogP contribution is -2.22. The Morgan fingerprint density at radius 2 is 1.74 bits per heavy atom. The van der Waals surface area contributed by atoms with Crippen molar-refractivity contribution in [1.82, 2.24) is 5.43 Å². The Morgan fingerprint density at radius 3 is 2.35 bits per heavy atom. The molecule has 11 heteroatoms. The molecule has 0 aliphatic heterocycles. The molecule has 7 nitrogen and oxygen atoms in total. The minimum atomic E-state index is -4.69. The molecule has 0 saturated heterocycles. The zero-order valence-electron chi connectivity index (χ0n) is 16.8. The van der Waals surface area contributed by atoms with Crippen LogP contribution < -0.4 is 20.2 Å². The molecular formula is C20H19ClF3N3O4. The lowest BCUT2D eigenvalue weighted by molar-refractivity contribution is -0.137. The molecule has 2 aromatic rings. The van der Waals surface area contributed by atoms with E-state index in [1.807, 2.05) is 0 Å². The number of amides is 2. The summed E-state index contributed by atoms with van der Waals surface area (Å²) < 4.78 is 49.6. The van der Waals surface area contributed by atoms with Crippen molar-refractivity contribution in [3.8, 4) is 11.5 Å². The minimum absolute atomic E-state index is 0.110. The van der Waals surface area contributed by atoms with Crippen LogP contribution in [0.25, 0.3) is 0 Å². The SMILES string of the molecule is COc1ccc(C(=O)NN=C(C)CC(=O)Nc2ccc(Cl)cc2C(F)(F)F)cc1OC. The van der Waals surface area contributed by atoms with Crippen LogP contribution in [0.5, 0.6) is 11.5 Å². The van der Waals surface area contributed by atoms with E-state index in [2.05, 4.69) is 15.8 Å². The highest BCUT2D eigenvalue weighted by atomic mass is 35.5. The number of anilines is 1. The molecule has 2 rings (SSSR count). The summed E-state index contributed by atoms with van der Waals surface area (Å²) in [6, 6.07) is 7.51. The van der Waals surface area contributed by atoms with Crippen LogP contribution in [-0.4, -0.2) is 31.7 Å². The van der Waals surface area contributed by atoms with E-state index in [0.717, 1.165) is 12.1 Å². The molecule has 0 saturated carbocycles. The van der Waals surface area contributed by atoms with E-state index in [0.29, 0.717) is 11.5 Å². The van der Waals surface area contributed by atoms with Gasteiger partial charge < -0.3 is 14.8 Å². The number of carbonyl (C=O) groups is 2. The summed E-state index contributed by atoms with van der Waals surface area (Å²) >= 11 is 5.61. The first-order chi connectivity index (χ1) is 14.5. The zero-order valence-corrected chi connectivity index (χ0v) is 17.5. The molecule has 0 heterocycles. The largest absolute Gasteiger partial charge is 0.493 e. The molecule has 2 amide bonds. The molecule has 2 N–H and O–H groups in total. The Labute approximate surface area is 181 Å². The summed E-state index contributed by atoms with van der Waals surface area (Å²) in [4.78, 5) is 24.3. The number of hydrogen-bond donors (Lipinski definition) is 2. The van der Waals surface area contributed by atoms with Crippen LogP contribution in [0.15, 0.2) is 41.5 Å². The quantitative estimate of drug-likeness (QED) is 0.473. The van der Waals surface area contributed by atoms with Gasteiger partial charge in [0.15, 0.2) is 11.5 Å². The van der Waals surface area contributed by atoms with Crippen molar-refractivity contribution in [1.29, 1.82) is 0 Å². The summed E-state index contributed by atoms with van der Waals surface area (Å²) in [5.74, 6) is -0.526. The van der Waals surface area contributed by atoms with Gasteiger partial charge in [-0.1, -0.05) is 11.6 Å². The van der Waals surface area contributed by atoms with Crippen molar-refractivity contribution in [3.05, 3.63) is 52.5 Å². The molecule has 0 atom stereocenters. The number of nitrogens with zero attached hydrogens (tertiary/aromatic N) is 1. The molecule has 31 heavy (non-hydrogen) atoms. The standard InChI is InChI=1S/C20H19ClF3N3O4/c1-11(26-27-19(29)12-4-7-16(30-2)17(9-12)31-3)8-18(28)25-15-6-5-13(21)10-14(15)20(22,23)24/h4-7,9-10H,8H2,1-3H3,(H,25,28)(H,27,29). The fourth-order valence-electron chi connectivity index (χ4n) is 2.51. The van der Waals surface area contributed by atoms with Crippen molar-refractivity contribution < 1.29 is 32.2 Å². The number of benzene rings is 2. The van der Waals surface area contributed by atoms with Crippen molar-refractivity contribution in [3.63, 3.8) is 0 Å². The van der Waals surface area contributed by atoms with E-state index in [9.17, 15) is 22.8 Å². The first-order valence-electron chi connectivity index (χ1n) is 8.77. The van der Waals surface area contributed by atoms with Gasteiger partial charge in [0.1, 0.15) is 0 Å². The summed E-state index contributed by atoms with van der Waals surface area (Å²) in [6.45, 7) is 1.45. The van der Waals surface area contributed by atoms with Crippen molar-refractivity contribution in [2.24, 2.45) is 5.10 Å². The van der Waals surface area contributed by atoms with E-state index < -0.39 is 29.2 Å². The van der Waals surface area contributed by atoms with E-state index in [-0.39, 0.29) is 22.7 Å². The summed E-state index contributed by atoms with van der Waals surface area (Å²) in [7, 11) is 2.88. The second-order valence-corrected chi connectivity index (χ2v) is 6.71. The molecule has 0 unspecified atom stereocenters. The smallest absolute Gasteiger partial charge is 0.418 e. The number of alkyl halides is 3. The molecule has 0 fully saturated rings. The molecule has 0 aliphatic carbocycles. The summed E-state index contributed by atoms with van der Waals surface area (Å²) in [5, 5.41) is 5.88. The average molecular weight is 458 g/mol. The van der Waals surface area contributed by atoms with Gasteiger partial charge in [-0.2, -0.15) is 18.3 Å². The highest BCUT2D eigenvalue weighted by Gasteiger charge is 2.34. The summed E-state index contributed by atoms with van der Waals surface area (Å²) in [6.07, 6.45) is -5.03. The van der Waals surface area contributed by atoms with Gasteiger partial charge in [-0.05, 0) is 43.3 Å². The molecule has 166 valence electrons. The number of methoxy groups -OCH3 is 2. The highest BCUT2D eigenvalue weighted by molar-refractivity contribution is 6.30. The van der Waals surface area contributed by atoms with E-state index >= 15 is 0 Å². The number of nitrogens with one attached hydrogen (secondary N) is 2.